The summed E-state index contributed by atoms with van der Waals surface area (Å²) >= 11 is 0. The predicted octanol–water partition coefficient (Wildman–Crippen LogP) is -0.436. The van der Waals surface area contributed by atoms with Crippen molar-refractivity contribution in [2.24, 2.45) is 0 Å². The Morgan fingerprint density at radius 2 is 2.08 bits per heavy atom. The summed E-state index contributed by atoms with van der Waals surface area (Å²) in [6.45, 7) is 1.90. The molecule has 2 fully saturated rings. The number of carbonyl (C=O) groups excluding carboxylic acids is 1. The Morgan fingerprint density at radius 3 is 2.77 bits per heavy atom. The van der Waals surface area contributed by atoms with Gasteiger partial charge in [0.25, 0.3) is 0 Å². The zero-order chi connectivity index (χ0) is 9.10. The first-order chi connectivity index (χ1) is 6.36. The van der Waals surface area contributed by atoms with E-state index in [1.807, 2.05) is 0 Å². The molecule has 2 saturated heterocycles. The largest absolute Gasteiger partial charge is 0.339 e. The van der Waals surface area contributed by atoms with E-state index in [9.17, 15) is 4.79 Å². The van der Waals surface area contributed by atoms with Crippen LogP contribution in [0.3, 0.4) is 0 Å². The summed E-state index contributed by atoms with van der Waals surface area (Å²) in [5, 5.41) is 9.73. The molecule has 2 aliphatic heterocycles. The van der Waals surface area contributed by atoms with Crippen molar-refractivity contribution in [2.45, 2.75) is 37.9 Å². The molecule has 0 radical (unpaired) electrons. The van der Waals surface area contributed by atoms with Crippen LogP contribution in [0, 0.1) is 0 Å². The lowest BCUT2D eigenvalue weighted by molar-refractivity contribution is -0.123. The third-order valence-electron chi connectivity index (χ3n) is 2.78. The quantitative estimate of drug-likeness (QED) is 0.517. The number of piperidine rings is 1. The van der Waals surface area contributed by atoms with Gasteiger partial charge in [-0.3, -0.25) is 10.1 Å². The second-order valence-corrected chi connectivity index (χ2v) is 3.81. The van der Waals surface area contributed by atoms with Crippen molar-refractivity contribution in [1.82, 2.24) is 16.0 Å². The van der Waals surface area contributed by atoms with Crippen molar-refractivity contribution >= 4 is 5.91 Å². The van der Waals surface area contributed by atoms with Crippen molar-refractivity contribution in [2.75, 3.05) is 13.1 Å². The molecule has 0 aromatic rings. The maximum Gasteiger partial charge on any atom is 0.222 e. The average molecular weight is 183 g/mol. The minimum absolute atomic E-state index is 0.154. The van der Waals surface area contributed by atoms with E-state index in [2.05, 4.69) is 16.0 Å². The lowest BCUT2D eigenvalue weighted by Gasteiger charge is -2.34. The first-order valence-electron chi connectivity index (χ1n) is 5.12. The van der Waals surface area contributed by atoms with Gasteiger partial charge in [0.15, 0.2) is 0 Å². The fourth-order valence-corrected chi connectivity index (χ4v) is 2.04. The number of nitrogens with one attached hydrogen (secondary N) is 3. The molecule has 4 heteroatoms. The summed E-state index contributed by atoms with van der Waals surface area (Å²) in [5.74, 6) is 0.177. The average Bonchev–Trinajstić information content (AvgIpc) is 2.19. The van der Waals surface area contributed by atoms with E-state index >= 15 is 0 Å². The molecule has 2 heterocycles. The van der Waals surface area contributed by atoms with Crippen LogP contribution in [0.1, 0.15) is 25.7 Å². The molecule has 0 aliphatic carbocycles. The van der Waals surface area contributed by atoms with Crippen molar-refractivity contribution in [3.05, 3.63) is 0 Å². The standard InChI is InChI=1S/C9H17N3O/c13-8-4-6-11-9(12-8)7-3-1-2-5-10-7/h7,9-11H,1-6H2,(H,12,13). The Morgan fingerprint density at radius 1 is 1.15 bits per heavy atom. The fourth-order valence-electron chi connectivity index (χ4n) is 2.04. The Hall–Kier alpha value is -0.610. The number of rotatable bonds is 1. The molecule has 4 nitrogen and oxygen atoms in total. The van der Waals surface area contributed by atoms with E-state index in [4.69, 9.17) is 0 Å². The monoisotopic (exact) mass is 183 g/mol. The summed E-state index contributed by atoms with van der Waals surface area (Å²) in [7, 11) is 0. The second-order valence-electron chi connectivity index (χ2n) is 3.81. The predicted molar refractivity (Wildman–Crippen MR) is 50.2 cm³/mol. The molecule has 2 atom stereocenters. The molecule has 0 spiro atoms. The molecule has 2 rings (SSSR count). The second kappa shape index (κ2) is 4.07. The van der Waals surface area contributed by atoms with Crippen molar-refractivity contribution in [3.8, 4) is 0 Å². The van der Waals surface area contributed by atoms with Crippen LogP contribution in [0.2, 0.25) is 0 Å². The summed E-state index contributed by atoms with van der Waals surface area (Å²) in [4.78, 5) is 11.1. The molecule has 2 aliphatic rings. The number of carbonyl (C=O) groups is 1. The summed E-state index contributed by atoms with van der Waals surface area (Å²) in [5.41, 5.74) is 0. The van der Waals surface area contributed by atoms with Crippen molar-refractivity contribution in [1.29, 1.82) is 0 Å². The van der Waals surface area contributed by atoms with Crippen LogP contribution in [0.5, 0.6) is 0 Å². The lowest BCUT2D eigenvalue weighted by atomic mass is 10.0. The molecule has 13 heavy (non-hydrogen) atoms. The Kier molecular flexibility index (Phi) is 2.80. The highest BCUT2D eigenvalue weighted by Crippen LogP contribution is 2.10. The van der Waals surface area contributed by atoms with Crippen molar-refractivity contribution in [3.63, 3.8) is 0 Å². The minimum Gasteiger partial charge on any atom is -0.339 e. The van der Waals surface area contributed by atoms with E-state index in [0.717, 1.165) is 19.5 Å². The van der Waals surface area contributed by atoms with Gasteiger partial charge >= 0.3 is 0 Å². The van der Waals surface area contributed by atoms with E-state index < -0.39 is 0 Å². The Balaban J connectivity index is 1.87. The highest BCUT2D eigenvalue weighted by Gasteiger charge is 2.26. The maximum atomic E-state index is 11.1. The van der Waals surface area contributed by atoms with Gasteiger partial charge in [-0.1, -0.05) is 6.42 Å². The van der Waals surface area contributed by atoms with Gasteiger partial charge in [-0.05, 0) is 19.4 Å². The van der Waals surface area contributed by atoms with Gasteiger partial charge < -0.3 is 10.6 Å². The van der Waals surface area contributed by atoms with Crippen LogP contribution < -0.4 is 16.0 Å². The van der Waals surface area contributed by atoms with Crippen LogP contribution in [0.4, 0.5) is 0 Å². The van der Waals surface area contributed by atoms with Crippen LogP contribution >= 0.6 is 0 Å². The third-order valence-corrected chi connectivity index (χ3v) is 2.78. The molecule has 0 bridgehead atoms. The zero-order valence-electron chi connectivity index (χ0n) is 7.81. The molecule has 3 N–H and O–H groups in total. The first-order valence-corrected chi connectivity index (χ1v) is 5.12. The minimum atomic E-state index is 0.154. The maximum absolute atomic E-state index is 11.1. The number of hydrogen-bond acceptors (Lipinski definition) is 3. The van der Waals surface area contributed by atoms with E-state index in [0.29, 0.717) is 12.5 Å². The van der Waals surface area contributed by atoms with Crippen molar-refractivity contribution < 1.29 is 4.79 Å². The van der Waals surface area contributed by atoms with Gasteiger partial charge in [0.1, 0.15) is 0 Å². The fraction of sp³-hybridized carbons (Fsp3) is 0.889. The van der Waals surface area contributed by atoms with Crippen LogP contribution in [-0.4, -0.2) is 31.2 Å². The first kappa shape index (κ1) is 8.97. The van der Waals surface area contributed by atoms with Gasteiger partial charge in [-0.15, -0.1) is 0 Å². The zero-order valence-corrected chi connectivity index (χ0v) is 7.81. The SMILES string of the molecule is O=C1CCNC(C2CCCCN2)N1. The van der Waals surface area contributed by atoms with Gasteiger partial charge in [-0.2, -0.15) is 0 Å². The normalized spacial score (nSPS) is 35.5. The van der Waals surface area contributed by atoms with Gasteiger partial charge in [-0.25, -0.2) is 0 Å². The van der Waals surface area contributed by atoms with Gasteiger partial charge in [0, 0.05) is 19.0 Å². The van der Waals surface area contributed by atoms with Gasteiger partial charge in [0.05, 0.1) is 6.17 Å². The molecule has 2 unspecified atom stereocenters. The Labute approximate surface area is 78.5 Å². The van der Waals surface area contributed by atoms with E-state index in [-0.39, 0.29) is 12.1 Å². The third kappa shape index (κ3) is 2.19. The highest BCUT2D eigenvalue weighted by molar-refractivity contribution is 5.77. The topological polar surface area (TPSA) is 53.2 Å². The van der Waals surface area contributed by atoms with Crippen LogP contribution in [0.25, 0.3) is 0 Å². The smallest absolute Gasteiger partial charge is 0.222 e. The van der Waals surface area contributed by atoms with Crippen LogP contribution in [-0.2, 0) is 4.79 Å². The molecule has 0 aromatic heterocycles. The Bertz CT molecular complexity index is 189. The summed E-state index contributed by atoms with van der Waals surface area (Å²) in [6, 6.07) is 0.429. The summed E-state index contributed by atoms with van der Waals surface area (Å²) in [6.07, 6.45) is 4.46. The number of hydrogen-bond donors (Lipinski definition) is 3. The summed E-state index contributed by atoms with van der Waals surface area (Å²) < 4.78 is 0. The molecule has 74 valence electrons. The molecular weight excluding hydrogens is 166 g/mol. The number of amides is 1. The lowest BCUT2D eigenvalue weighted by Crippen LogP contribution is -2.61. The molecule has 1 amide bonds. The molecular formula is C9H17N3O. The molecule has 0 aromatic carbocycles. The van der Waals surface area contributed by atoms with E-state index in [1.54, 1.807) is 0 Å². The highest BCUT2D eigenvalue weighted by atomic mass is 16.1. The molecule has 0 saturated carbocycles. The van der Waals surface area contributed by atoms with Crippen LogP contribution in [0.15, 0.2) is 0 Å². The van der Waals surface area contributed by atoms with E-state index in [1.165, 1.54) is 12.8 Å². The van der Waals surface area contributed by atoms with Gasteiger partial charge in [0.2, 0.25) is 5.91 Å².